The molecule has 3 aromatic carbocycles. The van der Waals surface area contributed by atoms with Crippen LogP contribution < -0.4 is 5.32 Å². The molecule has 2 N–H and O–H groups in total. The van der Waals surface area contributed by atoms with Gasteiger partial charge in [-0.3, -0.25) is 9.59 Å². The lowest BCUT2D eigenvalue weighted by atomic mass is 9.97. The van der Waals surface area contributed by atoms with Crippen LogP contribution in [0.2, 0.25) is 0 Å². The number of pyridine rings is 1. The maximum Gasteiger partial charge on any atom is 0.471 e. The lowest BCUT2D eigenvalue weighted by Gasteiger charge is -2.36. The summed E-state index contributed by atoms with van der Waals surface area (Å²) in [6, 6.07) is 27.6. The molecule has 8 nitrogen and oxygen atoms in total. The summed E-state index contributed by atoms with van der Waals surface area (Å²) >= 11 is 1.62. The minimum atomic E-state index is -5.03. The summed E-state index contributed by atoms with van der Waals surface area (Å²) in [4.78, 5) is 29.8. The summed E-state index contributed by atoms with van der Waals surface area (Å²) in [5.74, 6) is -1.91. The highest BCUT2D eigenvalue weighted by Crippen LogP contribution is 2.40. The Morgan fingerprint density at radius 3 is 2.39 bits per heavy atom. The molecule has 12 heteroatoms. The zero-order valence-electron chi connectivity index (χ0n) is 26.5. The normalized spacial score (nSPS) is 21.0. The fourth-order valence-corrected chi connectivity index (χ4v) is 7.04. The number of aliphatic hydroxyl groups excluding tert-OH is 1. The Hall–Kier alpha value is -4.23. The van der Waals surface area contributed by atoms with E-state index in [4.69, 9.17) is 9.47 Å². The summed E-state index contributed by atoms with van der Waals surface area (Å²) in [5.41, 5.74) is 5.14. The standard InChI is InChI=1S/C37H36F3N3O5S/c38-37(39,40)36(46)43-19-5-8-31(43)34(45)42-21-28-6-1-2-7-30(28)25-14-16-27(17-15-25)35-47-29(23-49-33-9-3-4-18-41-33)20-32(48-35)26-12-10-24(22-44)11-13-26/h1-4,6-7,9-18,29,31-32,35,44H,5,8,19-23H2,(H,42,45)/t29-,31+,32+,35+/m1/s1. The fourth-order valence-electron chi connectivity index (χ4n) is 6.15. The van der Waals surface area contributed by atoms with Gasteiger partial charge in [-0.1, -0.05) is 78.9 Å². The highest BCUT2D eigenvalue weighted by atomic mass is 32.2. The van der Waals surface area contributed by atoms with Gasteiger partial charge in [-0.2, -0.15) is 13.2 Å². The quantitative estimate of drug-likeness (QED) is 0.178. The molecule has 3 heterocycles. The van der Waals surface area contributed by atoms with Crippen molar-refractivity contribution < 1.29 is 37.3 Å². The van der Waals surface area contributed by atoms with Crippen LogP contribution in [0, 0.1) is 0 Å². The number of ether oxygens (including phenoxy) is 2. The van der Waals surface area contributed by atoms with Crippen molar-refractivity contribution in [3.8, 4) is 11.1 Å². The van der Waals surface area contributed by atoms with E-state index in [1.54, 1.807) is 18.0 Å². The van der Waals surface area contributed by atoms with Crippen LogP contribution in [0.15, 0.2) is 102 Å². The SMILES string of the molecule is O=C(NCc1ccccc1-c1ccc([C@H]2O[C@@H](CSc3ccccn3)C[C@@H](c3ccc(CO)cc3)O2)cc1)[C@@H]1CCCN1C(=O)C(F)(F)F. The molecule has 2 saturated heterocycles. The molecule has 256 valence electrons. The molecule has 0 spiro atoms. The number of amides is 2. The molecule has 2 aliphatic rings. The number of carbonyl (C=O) groups is 2. The van der Waals surface area contributed by atoms with E-state index >= 15 is 0 Å². The molecule has 0 bridgehead atoms. The monoisotopic (exact) mass is 691 g/mol. The largest absolute Gasteiger partial charge is 0.471 e. The van der Waals surface area contributed by atoms with Crippen molar-refractivity contribution in [2.75, 3.05) is 12.3 Å². The average Bonchev–Trinajstić information content (AvgIpc) is 3.63. The van der Waals surface area contributed by atoms with Gasteiger partial charge in [0, 0.05) is 37.0 Å². The number of thioether (sulfide) groups is 1. The molecule has 0 unspecified atom stereocenters. The maximum atomic E-state index is 13.1. The first-order valence-corrected chi connectivity index (χ1v) is 17.1. The van der Waals surface area contributed by atoms with Crippen LogP contribution in [0.1, 0.15) is 53.9 Å². The number of benzene rings is 3. The molecule has 0 radical (unpaired) electrons. The zero-order chi connectivity index (χ0) is 34.4. The lowest BCUT2D eigenvalue weighted by molar-refractivity contribution is -0.245. The number of likely N-dealkylation sites (tertiary alicyclic amines) is 1. The Labute approximate surface area is 286 Å². The first-order valence-electron chi connectivity index (χ1n) is 16.1. The van der Waals surface area contributed by atoms with E-state index in [0.717, 1.165) is 38.4 Å². The lowest BCUT2D eigenvalue weighted by Crippen LogP contribution is -2.50. The van der Waals surface area contributed by atoms with Crippen LogP contribution in [0.5, 0.6) is 0 Å². The third-order valence-electron chi connectivity index (χ3n) is 8.69. The average molecular weight is 692 g/mol. The molecule has 4 atom stereocenters. The minimum absolute atomic E-state index is 0.0369. The number of aromatic nitrogens is 1. The van der Waals surface area contributed by atoms with Crippen molar-refractivity contribution in [3.05, 3.63) is 119 Å². The highest BCUT2D eigenvalue weighted by Gasteiger charge is 2.47. The summed E-state index contributed by atoms with van der Waals surface area (Å²) in [7, 11) is 0. The van der Waals surface area contributed by atoms with Crippen LogP contribution in [-0.2, 0) is 32.2 Å². The van der Waals surface area contributed by atoms with Crippen molar-refractivity contribution in [1.82, 2.24) is 15.2 Å². The summed E-state index contributed by atoms with van der Waals surface area (Å²) in [5, 5.41) is 13.2. The zero-order valence-corrected chi connectivity index (χ0v) is 27.3. The number of carbonyl (C=O) groups excluding carboxylic acids is 2. The number of alkyl halides is 3. The molecule has 0 saturated carbocycles. The van der Waals surface area contributed by atoms with E-state index in [1.807, 2.05) is 91.0 Å². The van der Waals surface area contributed by atoms with Crippen LogP contribution in [0.4, 0.5) is 13.2 Å². The molecule has 2 aliphatic heterocycles. The van der Waals surface area contributed by atoms with Crippen LogP contribution in [0.25, 0.3) is 11.1 Å². The van der Waals surface area contributed by atoms with E-state index in [-0.39, 0.29) is 38.3 Å². The Kier molecular flexibility index (Phi) is 11.0. The number of aliphatic hydroxyl groups is 1. The number of nitrogens with zero attached hydrogens (tertiary/aromatic N) is 2. The van der Waals surface area contributed by atoms with Crippen molar-refractivity contribution in [3.63, 3.8) is 0 Å². The van der Waals surface area contributed by atoms with E-state index in [9.17, 15) is 27.9 Å². The second-order valence-corrected chi connectivity index (χ2v) is 13.0. The molecule has 6 rings (SSSR count). The number of rotatable bonds is 10. The Bertz CT molecular complexity index is 1720. The van der Waals surface area contributed by atoms with Gasteiger partial charge < -0.3 is 24.8 Å². The van der Waals surface area contributed by atoms with E-state index in [0.29, 0.717) is 23.5 Å². The predicted molar refractivity (Wildman–Crippen MR) is 178 cm³/mol. The predicted octanol–water partition coefficient (Wildman–Crippen LogP) is 6.75. The van der Waals surface area contributed by atoms with Crippen molar-refractivity contribution >= 4 is 23.6 Å². The van der Waals surface area contributed by atoms with Gasteiger partial charge in [0.25, 0.3) is 0 Å². The highest BCUT2D eigenvalue weighted by molar-refractivity contribution is 7.99. The Morgan fingerprint density at radius 1 is 0.939 bits per heavy atom. The Balaban J connectivity index is 1.16. The number of nitrogens with one attached hydrogen (secondary N) is 1. The summed E-state index contributed by atoms with van der Waals surface area (Å²) < 4.78 is 52.2. The minimum Gasteiger partial charge on any atom is -0.392 e. The van der Waals surface area contributed by atoms with Gasteiger partial charge in [0.1, 0.15) is 6.04 Å². The molecule has 4 aromatic rings. The van der Waals surface area contributed by atoms with Gasteiger partial charge in [0.05, 0.1) is 23.8 Å². The van der Waals surface area contributed by atoms with Crippen LogP contribution in [0.3, 0.4) is 0 Å². The first-order chi connectivity index (χ1) is 23.7. The van der Waals surface area contributed by atoms with E-state index in [1.165, 1.54) is 0 Å². The third kappa shape index (κ3) is 8.50. The van der Waals surface area contributed by atoms with Gasteiger partial charge in [-0.25, -0.2) is 4.98 Å². The van der Waals surface area contributed by atoms with Crippen LogP contribution in [-0.4, -0.2) is 57.4 Å². The molecule has 1 aromatic heterocycles. The summed E-state index contributed by atoms with van der Waals surface area (Å²) in [6.07, 6.45) is -3.10. The van der Waals surface area contributed by atoms with Crippen molar-refractivity contribution in [2.45, 2.75) is 68.2 Å². The van der Waals surface area contributed by atoms with E-state index < -0.39 is 30.3 Å². The molecule has 49 heavy (non-hydrogen) atoms. The van der Waals surface area contributed by atoms with Gasteiger partial charge >= 0.3 is 12.1 Å². The molecular formula is C37H36F3N3O5S. The van der Waals surface area contributed by atoms with Gasteiger partial charge in [-0.15, -0.1) is 11.8 Å². The topological polar surface area (TPSA) is 101 Å². The number of hydrogen-bond donors (Lipinski definition) is 2. The molecule has 2 amide bonds. The van der Waals surface area contributed by atoms with Crippen molar-refractivity contribution in [1.29, 1.82) is 0 Å². The van der Waals surface area contributed by atoms with Gasteiger partial charge in [0.15, 0.2) is 6.29 Å². The number of hydrogen-bond acceptors (Lipinski definition) is 7. The third-order valence-corrected chi connectivity index (χ3v) is 9.77. The second-order valence-electron chi connectivity index (χ2n) is 12.0. The second kappa shape index (κ2) is 15.5. The van der Waals surface area contributed by atoms with Gasteiger partial charge in [-0.05, 0) is 52.8 Å². The number of halogens is 3. The molecule has 2 fully saturated rings. The molecular weight excluding hydrogens is 655 g/mol. The fraction of sp³-hybridized carbons (Fsp3) is 0.324. The Morgan fingerprint density at radius 2 is 1.67 bits per heavy atom. The summed E-state index contributed by atoms with van der Waals surface area (Å²) in [6.45, 7) is -0.0539. The smallest absolute Gasteiger partial charge is 0.392 e. The maximum absolute atomic E-state index is 13.1. The van der Waals surface area contributed by atoms with E-state index in [2.05, 4.69) is 10.3 Å². The van der Waals surface area contributed by atoms with Crippen molar-refractivity contribution in [2.24, 2.45) is 0 Å². The van der Waals surface area contributed by atoms with Crippen LogP contribution >= 0.6 is 11.8 Å². The van der Waals surface area contributed by atoms with Gasteiger partial charge in [0.2, 0.25) is 5.91 Å². The molecule has 0 aliphatic carbocycles. The first kappa shape index (κ1) is 34.6.